The number of esters is 1. The average molecular weight is 479 g/mol. The van der Waals surface area contributed by atoms with Crippen LogP contribution in [0.3, 0.4) is 0 Å². The van der Waals surface area contributed by atoms with Crippen LogP contribution in [-0.2, 0) is 20.8 Å². The maximum Gasteiger partial charge on any atom is 0.311 e. The molecule has 0 saturated heterocycles. The molecule has 0 amide bonds. The van der Waals surface area contributed by atoms with E-state index in [1.165, 1.54) is 0 Å². The summed E-state index contributed by atoms with van der Waals surface area (Å²) in [4.78, 5) is 19.3. The number of halogens is 1. The van der Waals surface area contributed by atoms with Crippen LogP contribution in [-0.4, -0.2) is 42.2 Å². The molecule has 0 bridgehead atoms. The first-order valence-electron chi connectivity index (χ1n) is 10.3. The van der Waals surface area contributed by atoms with Crippen molar-refractivity contribution < 1.29 is 14.3 Å². The van der Waals surface area contributed by atoms with Gasteiger partial charge in [0.2, 0.25) is 0 Å². The highest BCUT2D eigenvalue weighted by molar-refractivity contribution is 9.10. The van der Waals surface area contributed by atoms with Crippen LogP contribution in [0.5, 0.6) is 0 Å². The fourth-order valence-corrected chi connectivity index (χ4v) is 4.10. The Morgan fingerprint density at radius 2 is 1.80 bits per heavy atom. The summed E-state index contributed by atoms with van der Waals surface area (Å²) in [6.07, 6.45) is -0.392. The number of aromatic nitrogens is 1. The van der Waals surface area contributed by atoms with Crippen molar-refractivity contribution in [2.75, 3.05) is 20.7 Å². The lowest BCUT2D eigenvalue weighted by atomic mass is 9.97. The smallest absolute Gasteiger partial charge is 0.311 e. The molecular weight excluding hydrogens is 444 g/mol. The minimum absolute atomic E-state index is 0.157. The van der Waals surface area contributed by atoms with Crippen molar-refractivity contribution in [1.82, 2.24) is 9.88 Å². The molecule has 0 spiro atoms. The summed E-state index contributed by atoms with van der Waals surface area (Å²) in [5.74, 6) is -0.241. The standard InChI is InChI=1S/C24H35BrN2O3/c1-15-12-18-17(11-10-16(26-18)13-27(8)9)21(25)20(15)19(30-24(5,6)7)14-29-22(28)23(2,3)4/h10-12,19H,13-14H2,1-9H3. The van der Waals surface area contributed by atoms with Gasteiger partial charge < -0.3 is 14.4 Å². The summed E-state index contributed by atoms with van der Waals surface area (Å²) in [5, 5.41) is 1.02. The molecule has 0 aliphatic rings. The van der Waals surface area contributed by atoms with Crippen molar-refractivity contribution in [3.8, 4) is 0 Å². The second-order valence-electron chi connectivity index (χ2n) is 10.1. The Bertz CT molecular complexity index is 911. The highest BCUT2D eigenvalue weighted by Crippen LogP contribution is 2.37. The molecule has 2 rings (SSSR count). The molecule has 1 aromatic heterocycles. The van der Waals surface area contributed by atoms with Crippen LogP contribution < -0.4 is 0 Å². The lowest BCUT2D eigenvalue weighted by Crippen LogP contribution is -2.30. The zero-order valence-corrected chi connectivity index (χ0v) is 21.3. The summed E-state index contributed by atoms with van der Waals surface area (Å²) >= 11 is 3.79. The van der Waals surface area contributed by atoms with Gasteiger partial charge in [0.15, 0.2) is 0 Å². The van der Waals surface area contributed by atoms with E-state index in [-0.39, 0.29) is 12.6 Å². The number of ether oxygens (including phenoxy) is 2. The van der Waals surface area contributed by atoms with Crippen LogP contribution in [0.1, 0.15) is 64.5 Å². The van der Waals surface area contributed by atoms with E-state index in [4.69, 9.17) is 14.5 Å². The Kier molecular flexibility index (Phi) is 7.70. The highest BCUT2D eigenvalue weighted by atomic mass is 79.9. The van der Waals surface area contributed by atoms with Gasteiger partial charge >= 0.3 is 5.97 Å². The molecule has 0 aliphatic carbocycles. The van der Waals surface area contributed by atoms with E-state index in [0.29, 0.717) is 0 Å². The van der Waals surface area contributed by atoms with Crippen molar-refractivity contribution in [3.63, 3.8) is 0 Å². The molecule has 30 heavy (non-hydrogen) atoms. The van der Waals surface area contributed by atoms with Gasteiger partial charge in [-0.3, -0.25) is 9.78 Å². The quantitative estimate of drug-likeness (QED) is 0.490. The Balaban J connectivity index is 2.48. The number of fused-ring (bicyclic) bond motifs is 1. The molecular formula is C24H35BrN2O3. The summed E-state index contributed by atoms with van der Waals surface area (Å²) in [5.41, 5.74) is 3.03. The van der Waals surface area contributed by atoms with E-state index in [1.54, 1.807) is 0 Å². The number of nitrogens with zero attached hydrogens (tertiary/aromatic N) is 2. The van der Waals surface area contributed by atoms with Gasteiger partial charge in [0.05, 0.1) is 22.2 Å². The minimum Gasteiger partial charge on any atom is -0.462 e. The van der Waals surface area contributed by atoms with Gasteiger partial charge in [-0.25, -0.2) is 0 Å². The Labute approximate surface area is 189 Å². The van der Waals surface area contributed by atoms with Crippen molar-refractivity contribution in [1.29, 1.82) is 0 Å². The summed E-state index contributed by atoms with van der Waals surface area (Å²) in [6.45, 7) is 14.6. The van der Waals surface area contributed by atoms with E-state index < -0.39 is 17.1 Å². The third-order valence-electron chi connectivity index (χ3n) is 4.51. The van der Waals surface area contributed by atoms with Crippen molar-refractivity contribution in [2.45, 2.75) is 66.7 Å². The normalized spacial score (nSPS) is 13.7. The van der Waals surface area contributed by atoms with Gasteiger partial charge in [-0.1, -0.05) is 0 Å². The third kappa shape index (κ3) is 6.50. The predicted molar refractivity (Wildman–Crippen MR) is 126 cm³/mol. The van der Waals surface area contributed by atoms with Crippen LogP contribution in [0.15, 0.2) is 22.7 Å². The van der Waals surface area contributed by atoms with Crippen LogP contribution in [0, 0.1) is 12.3 Å². The van der Waals surface area contributed by atoms with E-state index >= 15 is 0 Å². The van der Waals surface area contributed by atoms with Gasteiger partial charge in [-0.2, -0.15) is 0 Å². The Morgan fingerprint density at radius 3 is 2.33 bits per heavy atom. The second-order valence-corrected chi connectivity index (χ2v) is 10.9. The largest absolute Gasteiger partial charge is 0.462 e. The molecule has 166 valence electrons. The SMILES string of the molecule is Cc1cc2nc(CN(C)C)ccc2c(Br)c1C(COC(=O)C(C)(C)C)OC(C)(C)C. The number of hydrogen-bond acceptors (Lipinski definition) is 5. The van der Waals surface area contributed by atoms with Gasteiger partial charge in [0.1, 0.15) is 12.7 Å². The van der Waals surface area contributed by atoms with E-state index in [2.05, 4.69) is 33.0 Å². The monoisotopic (exact) mass is 478 g/mol. The fraction of sp³-hybridized carbons (Fsp3) is 0.583. The first-order valence-corrected chi connectivity index (χ1v) is 11.1. The van der Waals surface area contributed by atoms with Gasteiger partial charge in [0, 0.05) is 22.0 Å². The maximum absolute atomic E-state index is 12.4. The number of rotatable bonds is 6. The van der Waals surface area contributed by atoms with Crippen molar-refractivity contribution in [3.05, 3.63) is 39.5 Å². The zero-order chi connectivity index (χ0) is 22.9. The molecule has 1 unspecified atom stereocenters. The topological polar surface area (TPSA) is 51.7 Å². The van der Waals surface area contributed by atoms with E-state index in [0.717, 1.165) is 38.7 Å². The van der Waals surface area contributed by atoms with Gasteiger partial charge in [0.25, 0.3) is 0 Å². The Morgan fingerprint density at radius 1 is 1.17 bits per heavy atom. The molecule has 1 aromatic carbocycles. The minimum atomic E-state index is -0.561. The molecule has 0 N–H and O–H groups in total. The molecule has 0 saturated carbocycles. The third-order valence-corrected chi connectivity index (χ3v) is 5.36. The van der Waals surface area contributed by atoms with Crippen LogP contribution >= 0.6 is 15.9 Å². The molecule has 6 heteroatoms. The molecule has 1 heterocycles. The molecule has 0 aliphatic heterocycles. The fourth-order valence-electron chi connectivity index (χ4n) is 3.19. The molecule has 5 nitrogen and oxygen atoms in total. The molecule has 0 radical (unpaired) electrons. The number of carbonyl (C=O) groups excluding carboxylic acids is 1. The molecule has 0 fully saturated rings. The number of carbonyl (C=O) groups is 1. The second kappa shape index (κ2) is 9.33. The van der Waals surface area contributed by atoms with Gasteiger partial charge in [-0.15, -0.1) is 0 Å². The number of benzene rings is 1. The molecule has 1 atom stereocenters. The summed E-state index contributed by atoms with van der Waals surface area (Å²) < 4.78 is 12.9. The van der Waals surface area contributed by atoms with Crippen LogP contribution in [0.4, 0.5) is 0 Å². The average Bonchev–Trinajstić information content (AvgIpc) is 2.56. The van der Waals surface area contributed by atoms with Crippen molar-refractivity contribution >= 4 is 32.8 Å². The van der Waals surface area contributed by atoms with Crippen molar-refractivity contribution in [2.24, 2.45) is 5.41 Å². The van der Waals surface area contributed by atoms with Gasteiger partial charge in [-0.05, 0) is 102 Å². The number of pyridine rings is 1. The summed E-state index contributed by atoms with van der Waals surface area (Å²) in [6, 6.07) is 6.22. The first-order chi connectivity index (χ1) is 13.7. The number of hydrogen-bond donors (Lipinski definition) is 0. The lowest BCUT2D eigenvalue weighted by molar-refractivity contribution is -0.162. The van der Waals surface area contributed by atoms with Crippen LogP contribution in [0.25, 0.3) is 10.9 Å². The summed E-state index contributed by atoms with van der Waals surface area (Å²) in [7, 11) is 4.06. The Hall–Kier alpha value is -1.50. The lowest BCUT2D eigenvalue weighted by Gasteiger charge is -2.30. The molecule has 2 aromatic rings. The highest BCUT2D eigenvalue weighted by Gasteiger charge is 2.29. The number of aryl methyl sites for hydroxylation is 1. The van der Waals surface area contributed by atoms with E-state index in [1.807, 2.05) is 68.6 Å². The van der Waals surface area contributed by atoms with Crippen LogP contribution in [0.2, 0.25) is 0 Å². The zero-order valence-electron chi connectivity index (χ0n) is 19.7. The predicted octanol–water partition coefficient (Wildman–Crippen LogP) is 5.81. The van der Waals surface area contributed by atoms with E-state index in [9.17, 15) is 4.79 Å². The maximum atomic E-state index is 12.4. The first kappa shape index (κ1) is 24.8.